The van der Waals surface area contributed by atoms with E-state index in [0.29, 0.717) is 26.2 Å². The highest BCUT2D eigenvalue weighted by molar-refractivity contribution is 5.80. The van der Waals surface area contributed by atoms with Crippen LogP contribution in [0.4, 0.5) is 0 Å². The number of carbonyl (C=O) groups is 1. The Morgan fingerprint density at radius 2 is 2.15 bits per heavy atom. The number of amides is 1. The number of hydrogen-bond acceptors (Lipinski definition) is 4. The predicted octanol–water partition coefficient (Wildman–Crippen LogP) is 1.91. The second kappa shape index (κ2) is 9.48. The van der Waals surface area contributed by atoms with Crippen molar-refractivity contribution >= 4 is 11.9 Å². The van der Waals surface area contributed by atoms with E-state index in [-0.39, 0.29) is 11.9 Å². The fourth-order valence-electron chi connectivity index (χ4n) is 3.38. The summed E-state index contributed by atoms with van der Waals surface area (Å²) in [5, 5.41) is 6.75. The Balaban J connectivity index is 1.65. The lowest BCUT2D eigenvalue weighted by atomic mass is 10.2. The van der Waals surface area contributed by atoms with Gasteiger partial charge in [-0.15, -0.1) is 0 Å². The van der Waals surface area contributed by atoms with Crippen LogP contribution in [0.25, 0.3) is 0 Å². The van der Waals surface area contributed by atoms with Gasteiger partial charge in [0, 0.05) is 44.1 Å². The van der Waals surface area contributed by atoms with Crippen LogP contribution in [0, 0.1) is 0 Å². The van der Waals surface area contributed by atoms with Gasteiger partial charge >= 0.3 is 0 Å². The van der Waals surface area contributed by atoms with Crippen LogP contribution in [0.2, 0.25) is 0 Å². The van der Waals surface area contributed by atoms with Crippen LogP contribution < -0.4 is 20.1 Å². The Morgan fingerprint density at radius 1 is 1.30 bits per heavy atom. The molecule has 1 aromatic carbocycles. The molecule has 0 bridgehead atoms. The van der Waals surface area contributed by atoms with Crippen molar-refractivity contribution in [3.05, 3.63) is 23.8 Å². The van der Waals surface area contributed by atoms with Crippen LogP contribution in [-0.4, -0.2) is 55.7 Å². The Hall–Kier alpha value is -2.44. The molecule has 0 radical (unpaired) electrons. The summed E-state index contributed by atoms with van der Waals surface area (Å²) in [6, 6.07) is 6.17. The number of rotatable bonds is 5. The second-order valence-electron chi connectivity index (χ2n) is 6.81. The highest BCUT2D eigenvalue weighted by Crippen LogP contribution is 2.33. The van der Waals surface area contributed by atoms with Crippen LogP contribution in [0.5, 0.6) is 11.5 Å². The van der Waals surface area contributed by atoms with Crippen molar-refractivity contribution < 1.29 is 14.3 Å². The fraction of sp³-hybridized carbons (Fsp3) is 0.600. The predicted molar refractivity (Wildman–Crippen MR) is 105 cm³/mol. The smallest absolute Gasteiger partial charge is 0.222 e. The fourth-order valence-corrected chi connectivity index (χ4v) is 3.38. The van der Waals surface area contributed by atoms with Gasteiger partial charge in [0.15, 0.2) is 17.5 Å². The number of ether oxygens (including phenoxy) is 2. The number of hydrogen-bond donors (Lipinski definition) is 2. The molecule has 1 amide bonds. The third-order valence-corrected chi connectivity index (χ3v) is 4.79. The largest absolute Gasteiger partial charge is 0.490 e. The lowest BCUT2D eigenvalue weighted by Crippen LogP contribution is -2.45. The van der Waals surface area contributed by atoms with Gasteiger partial charge < -0.3 is 25.0 Å². The molecule has 27 heavy (non-hydrogen) atoms. The van der Waals surface area contributed by atoms with Gasteiger partial charge in [-0.3, -0.25) is 4.79 Å². The quantitative estimate of drug-likeness (QED) is 0.608. The van der Waals surface area contributed by atoms with Crippen LogP contribution in [0.3, 0.4) is 0 Å². The normalized spacial score (nSPS) is 19.6. The first-order valence-corrected chi connectivity index (χ1v) is 9.91. The zero-order valence-electron chi connectivity index (χ0n) is 16.3. The summed E-state index contributed by atoms with van der Waals surface area (Å²) in [6.07, 6.45) is 2.38. The summed E-state index contributed by atoms with van der Waals surface area (Å²) in [5.41, 5.74) is 1.01. The monoisotopic (exact) mass is 374 g/mol. The number of fused-ring (bicyclic) bond motifs is 1. The minimum Gasteiger partial charge on any atom is -0.490 e. The van der Waals surface area contributed by atoms with E-state index in [2.05, 4.69) is 10.6 Å². The average Bonchev–Trinajstić information content (AvgIpc) is 3.01. The van der Waals surface area contributed by atoms with E-state index in [1.807, 2.05) is 36.9 Å². The number of aliphatic imine (C=N–C) groups is 1. The molecule has 7 heteroatoms. The van der Waals surface area contributed by atoms with Crippen molar-refractivity contribution in [1.29, 1.82) is 0 Å². The van der Waals surface area contributed by atoms with Gasteiger partial charge in [-0.05, 0) is 19.4 Å². The van der Waals surface area contributed by atoms with E-state index in [9.17, 15) is 4.79 Å². The van der Waals surface area contributed by atoms with E-state index in [1.165, 1.54) is 0 Å². The maximum atomic E-state index is 11.9. The summed E-state index contributed by atoms with van der Waals surface area (Å²) in [7, 11) is 0. The zero-order chi connectivity index (χ0) is 19.1. The standard InChI is InChI=1S/C20H30N4O3/c1-3-18(25)24-10-9-16(14-24)23-20(21-4-2)22-13-15-7-5-8-17-19(15)27-12-6-11-26-17/h5,7-8,16H,3-4,6,9-14H2,1-2H3,(H2,21,22,23). The van der Waals surface area contributed by atoms with Crippen molar-refractivity contribution in [2.75, 3.05) is 32.8 Å². The molecule has 148 valence electrons. The van der Waals surface area contributed by atoms with Gasteiger partial charge in [0.1, 0.15) is 0 Å². The van der Waals surface area contributed by atoms with E-state index in [0.717, 1.165) is 55.5 Å². The molecule has 2 aliphatic heterocycles. The minimum absolute atomic E-state index is 0.213. The van der Waals surface area contributed by atoms with Gasteiger partial charge in [-0.25, -0.2) is 4.99 Å². The molecule has 0 saturated carbocycles. The first-order valence-electron chi connectivity index (χ1n) is 9.91. The van der Waals surface area contributed by atoms with E-state index >= 15 is 0 Å². The number of carbonyl (C=O) groups excluding carboxylic acids is 1. The number of nitrogens with zero attached hydrogens (tertiary/aromatic N) is 2. The number of nitrogens with one attached hydrogen (secondary N) is 2. The molecule has 0 aliphatic carbocycles. The zero-order valence-corrected chi connectivity index (χ0v) is 16.3. The molecule has 0 aromatic heterocycles. The third-order valence-electron chi connectivity index (χ3n) is 4.79. The van der Waals surface area contributed by atoms with Crippen LogP contribution in [0.1, 0.15) is 38.7 Å². The highest BCUT2D eigenvalue weighted by atomic mass is 16.5. The number of benzene rings is 1. The molecule has 1 atom stereocenters. The summed E-state index contributed by atoms with van der Waals surface area (Å²) in [4.78, 5) is 18.5. The van der Waals surface area contributed by atoms with Gasteiger partial charge in [0.25, 0.3) is 0 Å². The first kappa shape index (κ1) is 19.3. The topological polar surface area (TPSA) is 75.2 Å². The summed E-state index contributed by atoms with van der Waals surface area (Å²) in [5.74, 6) is 2.57. The molecule has 1 saturated heterocycles. The van der Waals surface area contributed by atoms with Crippen molar-refractivity contribution in [1.82, 2.24) is 15.5 Å². The molecule has 2 N–H and O–H groups in total. The first-order chi connectivity index (χ1) is 13.2. The van der Waals surface area contributed by atoms with Crippen LogP contribution in [-0.2, 0) is 11.3 Å². The van der Waals surface area contributed by atoms with Gasteiger partial charge in [-0.1, -0.05) is 19.1 Å². The molecule has 1 fully saturated rings. The van der Waals surface area contributed by atoms with E-state index in [1.54, 1.807) is 0 Å². The van der Waals surface area contributed by atoms with Crippen molar-refractivity contribution in [3.8, 4) is 11.5 Å². The van der Waals surface area contributed by atoms with Crippen molar-refractivity contribution in [2.45, 2.75) is 45.7 Å². The SMILES string of the molecule is CCNC(=NCc1cccc2c1OCCCO2)NC1CCN(C(=O)CC)C1. The summed E-state index contributed by atoms with van der Waals surface area (Å²) < 4.78 is 11.6. The second-order valence-corrected chi connectivity index (χ2v) is 6.81. The van der Waals surface area contributed by atoms with Gasteiger partial charge in [-0.2, -0.15) is 0 Å². The Bertz CT molecular complexity index is 677. The Morgan fingerprint density at radius 3 is 2.96 bits per heavy atom. The molecule has 7 nitrogen and oxygen atoms in total. The molecule has 0 spiro atoms. The lowest BCUT2D eigenvalue weighted by Gasteiger charge is -2.19. The van der Waals surface area contributed by atoms with Crippen LogP contribution >= 0.6 is 0 Å². The maximum Gasteiger partial charge on any atom is 0.222 e. The average molecular weight is 374 g/mol. The molecule has 1 aromatic rings. The van der Waals surface area contributed by atoms with Crippen molar-refractivity contribution in [3.63, 3.8) is 0 Å². The third kappa shape index (κ3) is 5.05. The maximum absolute atomic E-state index is 11.9. The van der Waals surface area contributed by atoms with Gasteiger partial charge in [0.05, 0.1) is 19.8 Å². The lowest BCUT2D eigenvalue weighted by molar-refractivity contribution is -0.129. The number of guanidine groups is 1. The molecular formula is C20H30N4O3. The molecule has 1 unspecified atom stereocenters. The molecule has 3 rings (SSSR count). The minimum atomic E-state index is 0.213. The number of para-hydroxylation sites is 1. The summed E-state index contributed by atoms with van der Waals surface area (Å²) >= 11 is 0. The Labute approximate surface area is 161 Å². The van der Waals surface area contributed by atoms with E-state index in [4.69, 9.17) is 14.5 Å². The molecular weight excluding hydrogens is 344 g/mol. The Kier molecular flexibility index (Phi) is 6.79. The number of likely N-dealkylation sites (tertiary alicyclic amines) is 1. The van der Waals surface area contributed by atoms with E-state index < -0.39 is 0 Å². The van der Waals surface area contributed by atoms with Crippen molar-refractivity contribution in [2.24, 2.45) is 4.99 Å². The highest BCUT2D eigenvalue weighted by Gasteiger charge is 2.25. The van der Waals surface area contributed by atoms with Gasteiger partial charge in [0.2, 0.25) is 5.91 Å². The molecule has 2 heterocycles. The molecule has 2 aliphatic rings. The van der Waals surface area contributed by atoms with Crippen LogP contribution in [0.15, 0.2) is 23.2 Å². The summed E-state index contributed by atoms with van der Waals surface area (Å²) in [6.45, 7) is 8.12.